The van der Waals surface area contributed by atoms with Crippen LogP contribution in [0.4, 0.5) is 4.79 Å². The third-order valence-corrected chi connectivity index (χ3v) is 7.03. The number of carbonyl (C=O) groups is 3. The van der Waals surface area contributed by atoms with Crippen molar-refractivity contribution in [1.29, 1.82) is 0 Å². The van der Waals surface area contributed by atoms with E-state index < -0.39 is 24.1 Å². The summed E-state index contributed by atoms with van der Waals surface area (Å²) in [5, 5.41) is 12.4. The van der Waals surface area contributed by atoms with Gasteiger partial charge in [0.15, 0.2) is 0 Å². The Hall–Kier alpha value is -3.61. The molecular formula is C28H32N2O5. The first kappa shape index (κ1) is 24.5. The van der Waals surface area contributed by atoms with Crippen LogP contribution in [0, 0.1) is 5.92 Å². The highest BCUT2D eigenvalue weighted by Crippen LogP contribution is 2.44. The number of fused-ring (bicyclic) bond motifs is 3. The van der Waals surface area contributed by atoms with Gasteiger partial charge in [0.05, 0.1) is 0 Å². The number of alkyl carbamates (subject to hydrolysis) is 1. The summed E-state index contributed by atoms with van der Waals surface area (Å²) >= 11 is 0. The van der Waals surface area contributed by atoms with Crippen LogP contribution >= 0.6 is 0 Å². The minimum Gasteiger partial charge on any atom is -0.480 e. The number of carbonyl (C=O) groups excluding carboxylic acids is 2. The zero-order chi connectivity index (χ0) is 24.9. The third kappa shape index (κ3) is 5.24. The summed E-state index contributed by atoms with van der Waals surface area (Å²) in [7, 11) is 0. The molecule has 0 spiro atoms. The number of aliphatic carboxylic acids is 1. The van der Waals surface area contributed by atoms with Gasteiger partial charge in [0.2, 0.25) is 5.91 Å². The second-order valence-electron chi connectivity index (χ2n) is 9.40. The SMILES string of the molecule is C=CCCC(NC(=O)OCC1c2ccccc2-c2ccccc21)C(=O)N1CCC(C)CC1C(=O)O. The fourth-order valence-corrected chi connectivity index (χ4v) is 5.16. The van der Waals surface area contributed by atoms with Crippen LogP contribution < -0.4 is 5.32 Å². The van der Waals surface area contributed by atoms with E-state index in [2.05, 4.69) is 24.0 Å². The van der Waals surface area contributed by atoms with Crippen LogP contribution in [0.3, 0.4) is 0 Å². The quantitative estimate of drug-likeness (QED) is 0.544. The Morgan fingerprint density at radius 2 is 1.77 bits per heavy atom. The molecule has 2 N–H and O–H groups in total. The number of carboxylic acid groups (broad SMARTS) is 1. The topological polar surface area (TPSA) is 95.9 Å². The fourth-order valence-electron chi connectivity index (χ4n) is 5.16. The molecule has 35 heavy (non-hydrogen) atoms. The van der Waals surface area contributed by atoms with Gasteiger partial charge in [-0.3, -0.25) is 4.79 Å². The first-order valence-corrected chi connectivity index (χ1v) is 12.2. The summed E-state index contributed by atoms with van der Waals surface area (Å²) < 4.78 is 5.62. The molecule has 1 heterocycles. The predicted molar refractivity (Wildman–Crippen MR) is 133 cm³/mol. The monoisotopic (exact) mass is 476 g/mol. The number of amides is 2. The lowest BCUT2D eigenvalue weighted by atomic mass is 9.91. The van der Waals surface area contributed by atoms with Crippen molar-refractivity contribution in [3.8, 4) is 11.1 Å². The number of nitrogens with one attached hydrogen (secondary N) is 1. The lowest BCUT2D eigenvalue weighted by Gasteiger charge is -2.38. The molecule has 0 saturated carbocycles. The van der Waals surface area contributed by atoms with Gasteiger partial charge in [-0.1, -0.05) is 61.5 Å². The number of rotatable bonds is 8. The minimum absolute atomic E-state index is 0.0875. The van der Waals surface area contributed by atoms with Gasteiger partial charge < -0.3 is 20.1 Å². The second kappa shape index (κ2) is 10.8. The largest absolute Gasteiger partial charge is 0.480 e. The maximum absolute atomic E-state index is 13.3. The van der Waals surface area contributed by atoms with Crippen LogP contribution in [0.25, 0.3) is 11.1 Å². The number of hydrogen-bond donors (Lipinski definition) is 2. The third-order valence-electron chi connectivity index (χ3n) is 7.03. The van der Waals surface area contributed by atoms with E-state index in [4.69, 9.17) is 4.74 Å². The normalized spacial score (nSPS) is 19.9. The summed E-state index contributed by atoms with van der Waals surface area (Å²) in [5.41, 5.74) is 4.48. The van der Waals surface area contributed by atoms with Crippen LogP contribution in [-0.2, 0) is 14.3 Å². The van der Waals surface area contributed by atoms with Crippen LogP contribution in [0.1, 0.15) is 49.7 Å². The lowest BCUT2D eigenvalue weighted by molar-refractivity contribution is -0.154. The molecule has 3 atom stereocenters. The average Bonchev–Trinajstić information content (AvgIpc) is 3.18. The van der Waals surface area contributed by atoms with E-state index >= 15 is 0 Å². The number of piperidine rings is 1. The van der Waals surface area contributed by atoms with Crippen LogP contribution in [0.15, 0.2) is 61.2 Å². The van der Waals surface area contributed by atoms with Crippen molar-refractivity contribution in [3.63, 3.8) is 0 Å². The molecule has 1 aliphatic carbocycles. The van der Waals surface area contributed by atoms with Crippen molar-refractivity contribution in [2.45, 2.75) is 50.6 Å². The number of hydrogen-bond acceptors (Lipinski definition) is 4. The average molecular weight is 477 g/mol. The highest BCUT2D eigenvalue weighted by molar-refractivity contribution is 5.89. The first-order chi connectivity index (χ1) is 16.9. The molecule has 0 aromatic heterocycles. The maximum atomic E-state index is 13.3. The van der Waals surface area contributed by atoms with E-state index in [9.17, 15) is 19.5 Å². The molecular weight excluding hydrogens is 444 g/mol. The van der Waals surface area contributed by atoms with E-state index in [1.807, 2.05) is 43.3 Å². The lowest BCUT2D eigenvalue weighted by Crippen LogP contribution is -2.56. The molecule has 3 unspecified atom stereocenters. The Morgan fingerprint density at radius 1 is 1.14 bits per heavy atom. The van der Waals surface area contributed by atoms with Gasteiger partial charge in [0.1, 0.15) is 18.7 Å². The molecule has 4 rings (SSSR count). The zero-order valence-electron chi connectivity index (χ0n) is 20.0. The van der Waals surface area contributed by atoms with Crippen LogP contribution in [-0.4, -0.2) is 53.2 Å². The number of allylic oxidation sites excluding steroid dienone is 1. The van der Waals surface area contributed by atoms with Gasteiger partial charge in [-0.15, -0.1) is 6.58 Å². The van der Waals surface area contributed by atoms with Crippen LogP contribution in [0.2, 0.25) is 0 Å². The Labute approximate surface area is 205 Å². The molecule has 1 aliphatic heterocycles. The highest BCUT2D eigenvalue weighted by atomic mass is 16.5. The van der Waals surface area contributed by atoms with E-state index in [0.717, 1.165) is 28.7 Å². The molecule has 7 heteroatoms. The van der Waals surface area contributed by atoms with Gasteiger partial charge in [-0.25, -0.2) is 9.59 Å². The minimum atomic E-state index is -1.02. The number of likely N-dealkylation sites (tertiary alicyclic amines) is 1. The maximum Gasteiger partial charge on any atom is 0.407 e. The standard InChI is InChI=1S/C28H32N2O5/c1-3-4-13-24(26(31)30-15-14-18(2)16-25(30)27(32)33)29-28(34)35-17-23-21-11-7-5-9-19(21)20-10-6-8-12-22(20)23/h3,5-12,18,23-25H,1,4,13-17H2,2H3,(H,29,34)(H,32,33). The van der Waals surface area contributed by atoms with Crippen LogP contribution in [0.5, 0.6) is 0 Å². The van der Waals surface area contributed by atoms with Crippen molar-refractivity contribution in [2.75, 3.05) is 13.2 Å². The van der Waals surface area contributed by atoms with Crippen molar-refractivity contribution < 1.29 is 24.2 Å². The molecule has 2 aliphatic rings. The predicted octanol–water partition coefficient (Wildman–Crippen LogP) is 4.57. The van der Waals surface area contributed by atoms with Crippen molar-refractivity contribution >= 4 is 18.0 Å². The molecule has 0 radical (unpaired) electrons. The van der Waals surface area contributed by atoms with Gasteiger partial charge in [0, 0.05) is 12.5 Å². The molecule has 7 nitrogen and oxygen atoms in total. The first-order valence-electron chi connectivity index (χ1n) is 12.2. The summed E-state index contributed by atoms with van der Waals surface area (Å²) in [6.07, 6.45) is 2.94. The number of benzene rings is 2. The summed E-state index contributed by atoms with van der Waals surface area (Å²) in [5.74, 6) is -1.27. The van der Waals surface area contributed by atoms with E-state index in [0.29, 0.717) is 25.8 Å². The van der Waals surface area contributed by atoms with E-state index in [1.54, 1.807) is 6.08 Å². The molecule has 2 amide bonds. The Balaban J connectivity index is 1.44. The zero-order valence-corrected chi connectivity index (χ0v) is 20.0. The van der Waals surface area contributed by atoms with Gasteiger partial charge >= 0.3 is 12.1 Å². The fraction of sp³-hybridized carbons (Fsp3) is 0.393. The molecule has 1 saturated heterocycles. The molecule has 1 fully saturated rings. The number of ether oxygens (including phenoxy) is 1. The number of carboxylic acids is 1. The smallest absolute Gasteiger partial charge is 0.407 e. The number of nitrogens with zero attached hydrogens (tertiary/aromatic N) is 1. The molecule has 2 aromatic rings. The van der Waals surface area contributed by atoms with Crippen molar-refractivity contribution in [1.82, 2.24) is 10.2 Å². The van der Waals surface area contributed by atoms with Gasteiger partial charge in [-0.05, 0) is 53.9 Å². The molecule has 0 bridgehead atoms. The summed E-state index contributed by atoms with van der Waals surface area (Å²) in [6.45, 7) is 6.19. The molecule has 2 aromatic carbocycles. The Bertz CT molecular complexity index is 1070. The summed E-state index contributed by atoms with van der Waals surface area (Å²) in [4.78, 5) is 39.3. The van der Waals surface area contributed by atoms with Crippen molar-refractivity contribution in [2.24, 2.45) is 5.92 Å². The molecule has 184 valence electrons. The van der Waals surface area contributed by atoms with Gasteiger partial charge in [0.25, 0.3) is 0 Å². The van der Waals surface area contributed by atoms with Gasteiger partial charge in [-0.2, -0.15) is 0 Å². The highest BCUT2D eigenvalue weighted by Gasteiger charge is 2.38. The van der Waals surface area contributed by atoms with E-state index in [-0.39, 0.29) is 24.3 Å². The Kier molecular flexibility index (Phi) is 7.54. The van der Waals surface area contributed by atoms with Crippen molar-refractivity contribution in [3.05, 3.63) is 72.3 Å². The Morgan fingerprint density at radius 3 is 2.37 bits per heavy atom. The van der Waals surface area contributed by atoms with E-state index in [1.165, 1.54) is 4.90 Å². The summed E-state index contributed by atoms with van der Waals surface area (Å²) in [6, 6.07) is 14.4. The second-order valence-corrected chi connectivity index (χ2v) is 9.40.